The molecule has 1 aliphatic heterocycles. The summed E-state index contributed by atoms with van der Waals surface area (Å²) in [6.07, 6.45) is 3.27. The van der Waals surface area contributed by atoms with Gasteiger partial charge in [0.1, 0.15) is 11.7 Å². The van der Waals surface area contributed by atoms with Gasteiger partial charge in [0.25, 0.3) is 5.91 Å². The third kappa shape index (κ3) is 3.97. The van der Waals surface area contributed by atoms with Gasteiger partial charge in [0.05, 0.1) is 13.2 Å². The number of aromatic nitrogens is 1. The standard InChI is InChI=1S/C25H22N2O4/c1-16-3-5-18(6-4-16)22-21(23(28)19-7-9-20(31-2)10-8-19)24(29)25(30)27(22)15-17-11-13-26-14-12-17/h3-14,21-22H,15H2,1-2H3. The average molecular weight is 414 g/mol. The van der Waals surface area contributed by atoms with E-state index in [1.165, 1.54) is 4.90 Å². The minimum absolute atomic E-state index is 0.220. The Hall–Kier alpha value is -3.80. The van der Waals surface area contributed by atoms with E-state index in [9.17, 15) is 14.4 Å². The fourth-order valence-corrected chi connectivity index (χ4v) is 3.91. The van der Waals surface area contributed by atoms with Crippen LogP contribution in [0.15, 0.2) is 73.1 Å². The zero-order chi connectivity index (χ0) is 22.0. The Kier molecular flexibility index (Phi) is 5.62. The molecule has 31 heavy (non-hydrogen) atoms. The molecule has 1 aromatic heterocycles. The molecule has 0 bridgehead atoms. The van der Waals surface area contributed by atoms with Crippen LogP contribution < -0.4 is 4.74 Å². The lowest BCUT2D eigenvalue weighted by molar-refractivity contribution is -0.141. The fraction of sp³-hybridized carbons (Fsp3) is 0.200. The van der Waals surface area contributed by atoms with E-state index in [0.717, 1.165) is 16.7 Å². The van der Waals surface area contributed by atoms with Crippen molar-refractivity contribution in [1.29, 1.82) is 0 Å². The van der Waals surface area contributed by atoms with Crippen LogP contribution in [0.5, 0.6) is 5.75 Å². The summed E-state index contributed by atoms with van der Waals surface area (Å²) in [4.78, 5) is 44.9. The molecule has 6 heteroatoms. The smallest absolute Gasteiger partial charge is 0.291 e. The molecule has 0 aliphatic carbocycles. The van der Waals surface area contributed by atoms with E-state index in [-0.39, 0.29) is 12.3 Å². The number of amides is 1. The van der Waals surface area contributed by atoms with Gasteiger partial charge in [-0.15, -0.1) is 0 Å². The first-order valence-corrected chi connectivity index (χ1v) is 9.98. The lowest BCUT2D eigenvalue weighted by atomic mass is 9.86. The van der Waals surface area contributed by atoms with Gasteiger partial charge in [0.15, 0.2) is 5.78 Å². The summed E-state index contributed by atoms with van der Waals surface area (Å²) in [5, 5.41) is 0. The van der Waals surface area contributed by atoms with E-state index >= 15 is 0 Å². The lowest BCUT2D eigenvalue weighted by Gasteiger charge is -2.27. The summed E-state index contributed by atoms with van der Waals surface area (Å²) in [7, 11) is 1.54. The highest BCUT2D eigenvalue weighted by Gasteiger charge is 2.51. The van der Waals surface area contributed by atoms with Gasteiger partial charge >= 0.3 is 0 Å². The number of Topliss-reactive ketones (excluding diaryl/α,β-unsaturated/α-hetero) is 2. The van der Waals surface area contributed by atoms with Crippen LogP contribution in [0.1, 0.15) is 33.1 Å². The van der Waals surface area contributed by atoms with Gasteiger partial charge in [-0.2, -0.15) is 0 Å². The summed E-state index contributed by atoms with van der Waals surface area (Å²) in [6.45, 7) is 2.18. The number of ketones is 2. The van der Waals surface area contributed by atoms with Crippen molar-refractivity contribution in [2.24, 2.45) is 5.92 Å². The number of carbonyl (C=O) groups is 3. The average Bonchev–Trinajstić information content (AvgIpc) is 3.05. The highest BCUT2D eigenvalue weighted by molar-refractivity contribution is 6.44. The van der Waals surface area contributed by atoms with Gasteiger partial charge in [-0.25, -0.2) is 0 Å². The molecule has 2 atom stereocenters. The molecule has 6 nitrogen and oxygen atoms in total. The maximum Gasteiger partial charge on any atom is 0.291 e. The topological polar surface area (TPSA) is 76.6 Å². The van der Waals surface area contributed by atoms with Crippen molar-refractivity contribution in [2.45, 2.75) is 19.5 Å². The van der Waals surface area contributed by atoms with Crippen molar-refractivity contribution in [3.05, 3.63) is 95.3 Å². The second kappa shape index (κ2) is 8.52. The number of methoxy groups -OCH3 is 1. The van der Waals surface area contributed by atoms with E-state index in [4.69, 9.17) is 4.74 Å². The first-order valence-electron chi connectivity index (χ1n) is 9.98. The summed E-state index contributed by atoms with van der Waals surface area (Å²) in [5.41, 5.74) is 3.02. The molecule has 0 N–H and O–H groups in total. The molecule has 0 saturated carbocycles. The Morgan fingerprint density at radius 1 is 0.968 bits per heavy atom. The van der Waals surface area contributed by atoms with Crippen molar-refractivity contribution in [3.63, 3.8) is 0 Å². The largest absolute Gasteiger partial charge is 0.497 e. The quantitative estimate of drug-likeness (QED) is 0.350. The number of hydrogen-bond acceptors (Lipinski definition) is 5. The minimum atomic E-state index is -1.11. The van der Waals surface area contributed by atoms with E-state index in [0.29, 0.717) is 11.3 Å². The van der Waals surface area contributed by atoms with Crippen LogP contribution in [0.3, 0.4) is 0 Å². The van der Waals surface area contributed by atoms with E-state index in [1.807, 2.05) is 31.2 Å². The highest BCUT2D eigenvalue weighted by atomic mass is 16.5. The van der Waals surface area contributed by atoms with Crippen molar-refractivity contribution in [3.8, 4) is 5.75 Å². The third-order valence-electron chi connectivity index (χ3n) is 5.58. The normalized spacial score (nSPS) is 18.3. The monoisotopic (exact) mass is 414 g/mol. The van der Waals surface area contributed by atoms with Gasteiger partial charge in [0.2, 0.25) is 5.78 Å². The molecule has 1 saturated heterocycles. The van der Waals surface area contributed by atoms with Crippen LogP contribution in [-0.4, -0.2) is 34.5 Å². The van der Waals surface area contributed by atoms with E-state index in [1.54, 1.807) is 55.9 Å². The number of rotatable bonds is 6. The van der Waals surface area contributed by atoms with Crippen molar-refractivity contribution >= 4 is 17.5 Å². The number of likely N-dealkylation sites (tertiary alicyclic amines) is 1. The van der Waals surface area contributed by atoms with Crippen LogP contribution in [0.4, 0.5) is 0 Å². The van der Waals surface area contributed by atoms with Gasteiger partial charge in [-0.1, -0.05) is 29.8 Å². The van der Waals surface area contributed by atoms with Crippen molar-refractivity contribution < 1.29 is 19.1 Å². The van der Waals surface area contributed by atoms with Gasteiger partial charge in [0, 0.05) is 24.5 Å². The number of benzene rings is 2. The maximum absolute atomic E-state index is 13.4. The minimum Gasteiger partial charge on any atom is -0.497 e. The summed E-state index contributed by atoms with van der Waals surface area (Å²) < 4.78 is 5.15. The molecular formula is C25H22N2O4. The predicted molar refractivity (Wildman–Crippen MR) is 115 cm³/mol. The van der Waals surface area contributed by atoms with Crippen LogP contribution in [0.25, 0.3) is 0 Å². The molecule has 3 aromatic rings. The Labute approximate surface area is 180 Å². The fourth-order valence-electron chi connectivity index (χ4n) is 3.91. The second-order valence-corrected chi connectivity index (χ2v) is 7.58. The zero-order valence-electron chi connectivity index (χ0n) is 17.3. The molecule has 2 aromatic carbocycles. The van der Waals surface area contributed by atoms with E-state index in [2.05, 4.69) is 4.98 Å². The number of pyridine rings is 1. The third-order valence-corrected chi connectivity index (χ3v) is 5.58. The van der Waals surface area contributed by atoms with Gasteiger partial charge < -0.3 is 9.64 Å². The van der Waals surface area contributed by atoms with Crippen LogP contribution in [0, 0.1) is 12.8 Å². The van der Waals surface area contributed by atoms with Crippen LogP contribution in [0.2, 0.25) is 0 Å². The number of hydrogen-bond donors (Lipinski definition) is 0. The molecule has 0 radical (unpaired) electrons. The molecule has 156 valence electrons. The SMILES string of the molecule is COc1ccc(C(=O)C2C(=O)C(=O)N(Cc3ccncc3)C2c2ccc(C)cc2)cc1. The summed E-state index contributed by atoms with van der Waals surface area (Å²) in [5.74, 6) is -2.19. The first-order chi connectivity index (χ1) is 15.0. The number of carbonyl (C=O) groups excluding carboxylic acids is 3. The highest BCUT2D eigenvalue weighted by Crippen LogP contribution is 2.39. The molecule has 1 aliphatic rings. The molecular weight excluding hydrogens is 392 g/mol. The molecule has 4 rings (SSSR count). The van der Waals surface area contributed by atoms with Crippen molar-refractivity contribution in [1.82, 2.24) is 9.88 Å². The second-order valence-electron chi connectivity index (χ2n) is 7.58. The van der Waals surface area contributed by atoms with Crippen LogP contribution in [-0.2, 0) is 16.1 Å². The van der Waals surface area contributed by atoms with Crippen LogP contribution >= 0.6 is 0 Å². The summed E-state index contributed by atoms with van der Waals surface area (Å²) >= 11 is 0. The Morgan fingerprint density at radius 3 is 2.23 bits per heavy atom. The predicted octanol–water partition coefficient (Wildman–Crippen LogP) is 3.55. The molecule has 2 unspecified atom stereocenters. The molecule has 1 amide bonds. The maximum atomic E-state index is 13.4. The number of aryl methyl sites for hydroxylation is 1. The molecule has 0 spiro atoms. The van der Waals surface area contributed by atoms with Gasteiger partial charge in [-0.3, -0.25) is 19.4 Å². The van der Waals surface area contributed by atoms with Gasteiger partial charge in [-0.05, 0) is 54.4 Å². The Bertz CT molecular complexity index is 1110. The Morgan fingerprint density at radius 2 is 1.61 bits per heavy atom. The molecule has 2 heterocycles. The Balaban J connectivity index is 1.75. The lowest BCUT2D eigenvalue weighted by Crippen LogP contribution is -2.30. The summed E-state index contributed by atoms with van der Waals surface area (Å²) in [6, 6.07) is 17.1. The first kappa shape index (κ1) is 20.5. The van der Waals surface area contributed by atoms with E-state index < -0.39 is 23.7 Å². The number of nitrogens with zero attached hydrogens (tertiary/aromatic N) is 2. The molecule has 1 fully saturated rings. The zero-order valence-corrected chi connectivity index (χ0v) is 17.3. The van der Waals surface area contributed by atoms with Crippen molar-refractivity contribution in [2.75, 3.05) is 7.11 Å². The number of ether oxygens (including phenoxy) is 1.